The van der Waals surface area contributed by atoms with Crippen molar-refractivity contribution in [3.8, 4) is 5.75 Å². The van der Waals surface area contributed by atoms with Crippen LogP contribution in [0.15, 0.2) is 30.3 Å². The molecule has 150 valence electrons. The van der Waals surface area contributed by atoms with Crippen molar-refractivity contribution in [2.45, 2.75) is 33.2 Å². The lowest BCUT2D eigenvalue weighted by atomic mass is 10.1. The Bertz CT molecular complexity index is 885. The number of benzene rings is 1. The average Bonchev–Trinajstić information content (AvgIpc) is 2.60. The van der Waals surface area contributed by atoms with Crippen molar-refractivity contribution >= 4 is 17.6 Å². The number of carbonyl (C=O) groups excluding carboxylic acids is 2. The van der Waals surface area contributed by atoms with Crippen LogP contribution in [0.3, 0.4) is 0 Å². The van der Waals surface area contributed by atoms with E-state index in [0.717, 1.165) is 18.2 Å². The maximum absolute atomic E-state index is 13.8. The molecule has 0 aliphatic carbocycles. The Morgan fingerprint density at radius 3 is 2.54 bits per heavy atom. The molecule has 10 heteroatoms. The molecule has 0 aliphatic heterocycles. The van der Waals surface area contributed by atoms with Gasteiger partial charge in [-0.3, -0.25) is 9.59 Å². The van der Waals surface area contributed by atoms with Gasteiger partial charge in [0.25, 0.3) is 5.91 Å². The van der Waals surface area contributed by atoms with Crippen molar-refractivity contribution in [1.29, 1.82) is 0 Å². The van der Waals surface area contributed by atoms with E-state index in [-0.39, 0.29) is 35.8 Å². The summed E-state index contributed by atoms with van der Waals surface area (Å²) in [7, 11) is 0. The summed E-state index contributed by atoms with van der Waals surface area (Å²) in [5.41, 5.74) is 0.438. The monoisotopic (exact) mass is 399 g/mol. The number of carbonyl (C=O) groups is 2. The van der Waals surface area contributed by atoms with Crippen molar-refractivity contribution in [2.24, 2.45) is 0 Å². The number of ether oxygens (including phenoxy) is 1. The molecule has 2 rings (SSSR count). The summed E-state index contributed by atoms with van der Waals surface area (Å²) in [6.07, 6.45) is -4.68. The van der Waals surface area contributed by atoms with Gasteiger partial charge in [0.05, 0.1) is 0 Å². The van der Waals surface area contributed by atoms with Gasteiger partial charge in [-0.1, -0.05) is 6.92 Å². The number of nitrogens with zero attached hydrogens (tertiary/aromatic N) is 1. The molecule has 2 N–H and O–H groups in total. The van der Waals surface area contributed by atoms with Crippen LogP contribution in [0.4, 0.5) is 23.4 Å². The topological polar surface area (TPSA) is 80.3 Å². The van der Waals surface area contributed by atoms with E-state index in [1.807, 2.05) is 0 Å². The molecule has 1 aromatic heterocycles. The van der Waals surface area contributed by atoms with Crippen LogP contribution in [0.1, 0.15) is 35.0 Å². The van der Waals surface area contributed by atoms with E-state index in [9.17, 15) is 27.2 Å². The van der Waals surface area contributed by atoms with Gasteiger partial charge in [-0.15, -0.1) is 13.2 Å². The second-order valence-corrected chi connectivity index (χ2v) is 5.77. The first-order chi connectivity index (χ1) is 13.1. The molecule has 0 radical (unpaired) electrons. The summed E-state index contributed by atoms with van der Waals surface area (Å²) in [5.74, 6) is -2.10. The number of rotatable bonds is 6. The minimum absolute atomic E-state index is 0.155. The molecule has 0 bridgehead atoms. The smallest absolute Gasteiger partial charge is 0.406 e. The third-order valence-electron chi connectivity index (χ3n) is 3.49. The van der Waals surface area contributed by atoms with Gasteiger partial charge in [-0.2, -0.15) is 0 Å². The molecule has 0 unspecified atom stereocenters. The van der Waals surface area contributed by atoms with E-state index < -0.39 is 23.8 Å². The lowest BCUT2D eigenvalue weighted by molar-refractivity contribution is -0.274. The van der Waals surface area contributed by atoms with Gasteiger partial charge in [-0.05, 0) is 37.3 Å². The Labute approximate surface area is 157 Å². The number of pyridine rings is 1. The van der Waals surface area contributed by atoms with Crippen LogP contribution in [-0.2, 0) is 11.3 Å². The molecular formula is C18H17F4N3O3. The molecule has 1 aromatic carbocycles. The number of nitrogens with one attached hydrogen (secondary N) is 2. The molecule has 1 heterocycles. The molecule has 2 amide bonds. The highest BCUT2D eigenvalue weighted by Crippen LogP contribution is 2.24. The molecule has 6 nitrogen and oxygen atoms in total. The summed E-state index contributed by atoms with van der Waals surface area (Å²) in [5, 5.41) is 4.94. The van der Waals surface area contributed by atoms with E-state index in [4.69, 9.17) is 0 Å². The number of alkyl halides is 3. The van der Waals surface area contributed by atoms with Crippen LogP contribution in [0.2, 0.25) is 0 Å². The minimum atomic E-state index is -4.91. The van der Waals surface area contributed by atoms with E-state index in [2.05, 4.69) is 20.4 Å². The number of halogens is 4. The normalized spacial score (nSPS) is 11.1. The fourth-order valence-corrected chi connectivity index (χ4v) is 2.26. The summed E-state index contributed by atoms with van der Waals surface area (Å²) < 4.78 is 54.4. The third-order valence-corrected chi connectivity index (χ3v) is 3.49. The lowest BCUT2D eigenvalue weighted by Crippen LogP contribution is -2.24. The van der Waals surface area contributed by atoms with Crippen LogP contribution in [0.25, 0.3) is 0 Å². The predicted octanol–water partition coefficient (Wildman–Crippen LogP) is 3.71. The Hall–Kier alpha value is -3.17. The largest absolute Gasteiger partial charge is 0.573 e. The van der Waals surface area contributed by atoms with Crippen LogP contribution in [0.5, 0.6) is 5.75 Å². The SMILES string of the molecule is CCC(=O)Nc1cc(C(=O)NCc2cc(OC(F)(F)F)ccc2F)cc(C)n1. The van der Waals surface area contributed by atoms with Crippen molar-refractivity contribution < 1.29 is 31.9 Å². The molecule has 2 aromatic rings. The Kier molecular flexibility index (Phi) is 6.55. The maximum atomic E-state index is 13.8. The Balaban J connectivity index is 2.12. The van der Waals surface area contributed by atoms with Gasteiger partial charge < -0.3 is 15.4 Å². The number of aryl methyl sites for hydroxylation is 1. The van der Waals surface area contributed by atoms with Gasteiger partial charge in [0.2, 0.25) is 5.91 Å². The van der Waals surface area contributed by atoms with Crippen LogP contribution in [0, 0.1) is 12.7 Å². The predicted molar refractivity (Wildman–Crippen MR) is 92.1 cm³/mol. The average molecular weight is 399 g/mol. The molecular weight excluding hydrogens is 382 g/mol. The van der Waals surface area contributed by atoms with Gasteiger partial charge in [0.1, 0.15) is 17.4 Å². The summed E-state index contributed by atoms with van der Waals surface area (Å²) in [6.45, 7) is 2.91. The molecule has 28 heavy (non-hydrogen) atoms. The van der Waals surface area contributed by atoms with E-state index in [0.29, 0.717) is 5.69 Å². The molecule has 0 aliphatic rings. The summed E-state index contributed by atoms with van der Waals surface area (Å²) in [6, 6.07) is 5.31. The third kappa shape index (κ3) is 6.22. The van der Waals surface area contributed by atoms with E-state index in [1.165, 1.54) is 12.1 Å². The van der Waals surface area contributed by atoms with Crippen molar-refractivity contribution in [3.63, 3.8) is 0 Å². The number of hydrogen-bond acceptors (Lipinski definition) is 4. The molecule has 0 fully saturated rings. The van der Waals surface area contributed by atoms with Gasteiger partial charge in [0.15, 0.2) is 0 Å². The second kappa shape index (κ2) is 8.68. The number of anilines is 1. The zero-order chi connectivity index (χ0) is 20.9. The standard InChI is InChI=1S/C18H17F4N3O3/c1-3-16(26)25-15-8-11(6-10(2)24-15)17(27)23-9-12-7-13(4-5-14(12)19)28-18(20,21)22/h4-8H,3,9H2,1-2H3,(H,23,27)(H,24,25,26). The van der Waals surface area contributed by atoms with Crippen molar-refractivity contribution in [1.82, 2.24) is 10.3 Å². The fourth-order valence-electron chi connectivity index (χ4n) is 2.26. The minimum Gasteiger partial charge on any atom is -0.406 e. The summed E-state index contributed by atoms with van der Waals surface area (Å²) >= 11 is 0. The fraction of sp³-hybridized carbons (Fsp3) is 0.278. The highest BCUT2D eigenvalue weighted by Gasteiger charge is 2.31. The second-order valence-electron chi connectivity index (χ2n) is 5.77. The molecule has 0 spiro atoms. The van der Waals surface area contributed by atoms with Crippen LogP contribution in [-0.4, -0.2) is 23.2 Å². The van der Waals surface area contributed by atoms with E-state index >= 15 is 0 Å². The first kappa shape index (κ1) is 21.1. The lowest BCUT2D eigenvalue weighted by Gasteiger charge is -2.12. The maximum Gasteiger partial charge on any atom is 0.573 e. The van der Waals surface area contributed by atoms with Gasteiger partial charge >= 0.3 is 6.36 Å². The molecule has 0 atom stereocenters. The first-order valence-electron chi connectivity index (χ1n) is 8.18. The zero-order valence-corrected chi connectivity index (χ0v) is 15.0. The van der Waals surface area contributed by atoms with Gasteiger partial charge in [-0.25, -0.2) is 9.37 Å². The highest BCUT2D eigenvalue weighted by molar-refractivity contribution is 5.96. The number of hydrogen-bond donors (Lipinski definition) is 2. The molecule has 0 saturated carbocycles. The zero-order valence-electron chi connectivity index (χ0n) is 15.0. The molecule has 0 saturated heterocycles. The number of amides is 2. The van der Waals surface area contributed by atoms with Crippen molar-refractivity contribution in [3.05, 3.63) is 53.0 Å². The Morgan fingerprint density at radius 2 is 1.89 bits per heavy atom. The Morgan fingerprint density at radius 1 is 1.18 bits per heavy atom. The van der Waals surface area contributed by atoms with E-state index in [1.54, 1.807) is 13.8 Å². The van der Waals surface area contributed by atoms with Crippen LogP contribution >= 0.6 is 0 Å². The first-order valence-corrected chi connectivity index (χ1v) is 8.18. The quantitative estimate of drug-likeness (QED) is 0.726. The van der Waals surface area contributed by atoms with Crippen molar-refractivity contribution in [2.75, 3.05) is 5.32 Å². The summed E-state index contributed by atoms with van der Waals surface area (Å²) in [4.78, 5) is 27.9. The van der Waals surface area contributed by atoms with Gasteiger partial charge in [0, 0.05) is 29.8 Å². The number of aromatic nitrogens is 1. The highest BCUT2D eigenvalue weighted by atomic mass is 19.4. The van der Waals surface area contributed by atoms with Crippen LogP contribution < -0.4 is 15.4 Å².